The summed E-state index contributed by atoms with van der Waals surface area (Å²) in [5.41, 5.74) is 4.66. The molecule has 1 amide bonds. The van der Waals surface area contributed by atoms with Gasteiger partial charge in [-0.1, -0.05) is 48.9 Å². The van der Waals surface area contributed by atoms with E-state index in [0.29, 0.717) is 11.3 Å². The summed E-state index contributed by atoms with van der Waals surface area (Å²) >= 11 is 6.46. The summed E-state index contributed by atoms with van der Waals surface area (Å²) in [6, 6.07) is 10.5. The first kappa shape index (κ1) is 22.3. The lowest BCUT2D eigenvalue weighted by atomic mass is 9.69. The molecule has 1 aliphatic carbocycles. The fourth-order valence-electron chi connectivity index (χ4n) is 5.15. The molecule has 0 fully saturated rings. The maximum absolute atomic E-state index is 14.1. The van der Waals surface area contributed by atoms with E-state index in [-0.39, 0.29) is 39.8 Å². The molecule has 4 atom stereocenters. The summed E-state index contributed by atoms with van der Waals surface area (Å²) in [6.07, 6.45) is -0.572. The van der Waals surface area contributed by atoms with Crippen molar-refractivity contribution in [2.45, 2.75) is 25.0 Å². The Morgan fingerprint density at radius 3 is 2.41 bits per heavy atom. The quantitative estimate of drug-likeness (QED) is 0.663. The van der Waals surface area contributed by atoms with Crippen molar-refractivity contribution < 1.29 is 33.3 Å². The Kier molecular flexibility index (Phi) is 5.09. The SMILES string of the molecule is COc1cc(OC)c2c(c1Cl)O[C@@]1(C(=O)C3=C(C[C@H]1C)O[C@H](c1ccccc1)[C@H]3C(N)=O)C2=O. The second-order valence-electron chi connectivity index (χ2n) is 8.57. The number of methoxy groups -OCH3 is 2. The van der Waals surface area contributed by atoms with Crippen LogP contribution in [0.1, 0.15) is 35.4 Å². The highest BCUT2D eigenvalue weighted by Gasteiger charge is 2.65. The minimum absolute atomic E-state index is 0.0151. The molecule has 8 nitrogen and oxygen atoms in total. The summed E-state index contributed by atoms with van der Waals surface area (Å²) < 4.78 is 22.9. The van der Waals surface area contributed by atoms with E-state index in [9.17, 15) is 14.4 Å². The minimum Gasteiger partial charge on any atom is -0.496 e. The van der Waals surface area contributed by atoms with Crippen LogP contribution in [0, 0.1) is 11.8 Å². The van der Waals surface area contributed by atoms with Gasteiger partial charge in [0.1, 0.15) is 39.9 Å². The van der Waals surface area contributed by atoms with Gasteiger partial charge < -0.3 is 24.7 Å². The number of rotatable bonds is 4. The summed E-state index contributed by atoms with van der Waals surface area (Å²) in [5.74, 6) is -2.87. The average Bonchev–Trinajstić information content (AvgIpc) is 3.36. The van der Waals surface area contributed by atoms with Crippen LogP contribution >= 0.6 is 11.6 Å². The fourth-order valence-corrected chi connectivity index (χ4v) is 5.42. The van der Waals surface area contributed by atoms with Crippen molar-refractivity contribution in [1.82, 2.24) is 0 Å². The zero-order valence-corrected chi connectivity index (χ0v) is 19.5. The molecule has 0 aromatic heterocycles. The molecule has 2 N–H and O–H groups in total. The first-order valence-corrected chi connectivity index (χ1v) is 11.1. The van der Waals surface area contributed by atoms with Crippen molar-refractivity contribution in [2.75, 3.05) is 14.2 Å². The van der Waals surface area contributed by atoms with Crippen molar-refractivity contribution in [3.63, 3.8) is 0 Å². The van der Waals surface area contributed by atoms with E-state index in [1.807, 2.05) is 18.2 Å². The Morgan fingerprint density at radius 2 is 1.79 bits per heavy atom. The van der Waals surface area contributed by atoms with Crippen LogP contribution in [0.3, 0.4) is 0 Å². The van der Waals surface area contributed by atoms with Gasteiger partial charge in [-0.2, -0.15) is 0 Å². The van der Waals surface area contributed by atoms with Crippen molar-refractivity contribution in [1.29, 1.82) is 0 Å². The maximum atomic E-state index is 14.1. The van der Waals surface area contributed by atoms with Gasteiger partial charge in [0.05, 0.1) is 19.8 Å². The summed E-state index contributed by atoms with van der Waals surface area (Å²) in [7, 11) is 2.81. The monoisotopic (exact) mass is 483 g/mol. The van der Waals surface area contributed by atoms with E-state index < -0.39 is 41.0 Å². The molecule has 2 aliphatic heterocycles. The van der Waals surface area contributed by atoms with E-state index in [0.717, 1.165) is 0 Å². The Balaban J connectivity index is 1.63. The number of Topliss-reactive ketones (excluding diaryl/α,β-unsaturated/α-hetero) is 2. The average molecular weight is 484 g/mol. The third-order valence-corrected chi connectivity index (χ3v) is 7.16. The number of nitrogens with two attached hydrogens (primary N) is 1. The number of hydrogen-bond donors (Lipinski definition) is 1. The second-order valence-corrected chi connectivity index (χ2v) is 8.94. The highest BCUT2D eigenvalue weighted by Crippen LogP contribution is 2.57. The Hall–Kier alpha value is -3.52. The molecule has 0 radical (unpaired) electrons. The molecule has 0 saturated carbocycles. The van der Waals surface area contributed by atoms with E-state index in [1.165, 1.54) is 20.3 Å². The van der Waals surface area contributed by atoms with Crippen molar-refractivity contribution in [3.8, 4) is 17.2 Å². The molecule has 1 spiro atoms. The van der Waals surface area contributed by atoms with Crippen LogP contribution in [0.15, 0.2) is 47.7 Å². The molecular formula is C25H22ClNO7. The number of ketones is 2. The lowest BCUT2D eigenvalue weighted by molar-refractivity contribution is -0.132. The fraction of sp³-hybridized carbons (Fsp3) is 0.320. The van der Waals surface area contributed by atoms with Gasteiger partial charge in [-0.05, 0) is 5.56 Å². The van der Waals surface area contributed by atoms with Crippen LogP contribution in [-0.4, -0.2) is 37.3 Å². The first-order chi connectivity index (χ1) is 16.3. The lowest BCUT2D eigenvalue weighted by Crippen LogP contribution is -2.57. The van der Waals surface area contributed by atoms with Crippen LogP contribution in [-0.2, 0) is 14.3 Å². The third-order valence-electron chi connectivity index (χ3n) is 6.80. The summed E-state index contributed by atoms with van der Waals surface area (Å²) in [5, 5.41) is 0.0552. The molecule has 5 rings (SSSR count). The van der Waals surface area contributed by atoms with Gasteiger partial charge in [-0.3, -0.25) is 14.4 Å². The third kappa shape index (κ3) is 2.81. The van der Waals surface area contributed by atoms with Crippen molar-refractivity contribution in [3.05, 3.63) is 63.9 Å². The number of amides is 1. The minimum atomic E-state index is -1.92. The second kappa shape index (κ2) is 7.77. The zero-order chi connectivity index (χ0) is 24.4. The first-order valence-electron chi connectivity index (χ1n) is 10.7. The number of fused-ring (bicyclic) bond motifs is 1. The summed E-state index contributed by atoms with van der Waals surface area (Å²) in [6.45, 7) is 1.72. The molecule has 176 valence electrons. The van der Waals surface area contributed by atoms with Gasteiger partial charge in [0.25, 0.3) is 0 Å². The number of allylic oxidation sites excluding steroid dienone is 1. The van der Waals surface area contributed by atoms with Gasteiger partial charge >= 0.3 is 0 Å². The number of ether oxygens (including phenoxy) is 4. The highest BCUT2D eigenvalue weighted by atomic mass is 35.5. The lowest BCUT2D eigenvalue weighted by Gasteiger charge is -2.36. The predicted octanol–water partition coefficient (Wildman–Crippen LogP) is 3.41. The highest BCUT2D eigenvalue weighted by molar-refractivity contribution is 6.36. The number of halogens is 1. The van der Waals surface area contributed by atoms with E-state index in [4.69, 9.17) is 36.3 Å². The van der Waals surface area contributed by atoms with Crippen molar-refractivity contribution >= 4 is 29.1 Å². The predicted molar refractivity (Wildman–Crippen MR) is 121 cm³/mol. The van der Waals surface area contributed by atoms with Crippen LogP contribution < -0.4 is 19.9 Å². The smallest absolute Gasteiger partial charge is 0.236 e. The number of benzene rings is 2. The number of hydrogen-bond acceptors (Lipinski definition) is 7. The molecule has 3 aliphatic rings. The van der Waals surface area contributed by atoms with Crippen LogP contribution in [0.2, 0.25) is 5.02 Å². The molecule has 0 unspecified atom stereocenters. The van der Waals surface area contributed by atoms with Crippen LogP contribution in [0.5, 0.6) is 17.2 Å². The van der Waals surface area contributed by atoms with Crippen LogP contribution in [0.4, 0.5) is 0 Å². The summed E-state index contributed by atoms with van der Waals surface area (Å²) in [4.78, 5) is 40.5. The van der Waals surface area contributed by atoms with Gasteiger partial charge in [0.15, 0.2) is 5.75 Å². The van der Waals surface area contributed by atoms with Gasteiger partial charge in [0.2, 0.25) is 23.1 Å². The normalized spacial score (nSPS) is 27.2. The van der Waals surface area contributed by atoms with E-state index >= 15 is 0 Å². The van der Waals surface area contributed by atoms with E-state index in [2.05, 4.69) is 0 Å². The topological polar surface area (TPSA) is 114 Å². The van der Waals surface area contributed by atoms with Crippen LogP contribution in [0.25, 0.3) is 0 Å². The Bertz CT molecular complexity index is 1270. The molecule has 9 heteroatoms. The molecule has 0 saturated heterocycles. The van der Waals surface area contributed by atoms with Gasteiger partial charge in [-0.15, -0.1) is 0 Å². The molecule has 2 heterocycles. The zero-order valence-electron chi connectivity index (χ0n) is 18.7. The number of primary amides is 1. The Labute approximate surface area is 200 Å². The van der Waals surface area contributed by atoms with Crippen molar-refractivity contribution in [2.24, 2.45) is 17.6 Å². The maximum Gasteiger partial charge on any atom is 0.236 e. The molecule has 34 heavy (non-hydrogen) atoms. The number of carbonyl (C=O) groups excluding carboxylic acids is 3. The standard InChI is InChI=1S/C25H22ClNO7/c1-11-9-14-16(18(24(27)30)20(33-14)12-7-5-4-6-8-12)22(28)25(11)23(29)17-13(31-2)10-15(32-3)19(26)21(17)34-25/h4-8,10-11,18,20H,9H2,1-3H3,(H2,27,30)/t11-,18+,20-,25+/m1/s1. The molecule has 2 aromatic carbocycles. The Morgan fingerprint density at radius 1 is 1.12 bits per heavy atom. The molecule has 2 aromatic rings. The van der Waals surface area contributed by atoms with E-state index in [1.54, 1.807) is 19.1 Å². The van der Waals surface area contributed by atoms with Gasteiger partial charge in [-0.25, -0.2) is 0 Å². The van der Waals surface area contributed by atoms with Gasteiger partial charge in [0, 0.05) is 18.4 Å². The number of carbonyl (C=O) groups is 3. The molecule has 0 bridgehead atoms. The molecular weight excluding hydrogens is 462 g/mol. The largest absolute Gasteiger partial charge is 0.496 e.